The lowest BCUT2D eigenvalue weighted by molar-refractivity contribution is 0.313. The molecule has 0 aliphatic carbocycles. The van der Waals surface area contributed by atoms with Gasteiger partial charge in [-0.2, -0.15) is 5.10 Å². The number of nitrogens with two attached hydrogens (primary N) is 1. The first-order chi connectivity index (χ1) is 15.7. The number of anilines is 2. The van der Waals surface area contributed by atoms with Crippen LogP contribution in [0.3, 0.4) is 0 Å². The van der Waals surface area contributed by atoms with Gasteiger partial charge in [-0.15, -0.1) is 0 Å². The second-order valence-corrected chi connectivity index (χ2v) is 8.10. The minimum atomic E-state index is 0.606. The summed E-state index contributed by atoms with van der Waals surface area (Å²) in [4.78, 5) is 26.2. The van der Waals surface area contributed by atoms with Crippen LogP contribution in [0.15, 0.2) is 43.0 Å². The summed E-state index contributed by atoms with van der Waals surface area (Å²) < 4.78 is 0. The van der Waals surface area contributed by atoms with Gasteiger partial charge in [0, 0.05) is 62.1 Å². The van der Waals surface area contributed by atoms with Crippen LogP contribution in [0, 0.1) is 0 Å². The van der Waals surface area contributed by atoms with Crippen molar-refractivity contribution in [3.05, 3.63) is 43.0 Å². The third-order valence-electron chi connectivity index (χ3n) is 5.94. The molecule has 1 fully saturated rings. The third kappa shape index (κ3) is 3.12. The molecule has 5 aromatic rings. The number of hydrogen-bond donors (Lipinski definition) is 3. The van der Waals surface area contributed by atoms with Crippen molar-refractivity contribution in [3.63, 3.8) is 0 Å². The number of aromatic amines is 2. The fraction of sp³-hybridized carbons (Fsp3) is 0.227. The van der Waals surface area contributed by atoms with Crippen LogP contribution in [-0.4, -0.2) is 73.2 Å². The lowest BCUT2D eigenvalue weighted by Crippen LogP contribution is -2.44. The number of pyridine rings is 3. The molecule has 0 saturated carbocycles. The minimum Gasteiger partial charge on any atom is -0.397 e. The summed E-state index contributed by atoms with van der Waals surface area (Å²) in [7, 11) is 2.15. The van der Waals surface area contributed by atoms with Gasteiger partial charge in [0.15, 0.2) is 17.1 Å². The molecule has 10 nitrogen and oxygen atoms in total. The summed E-state index contributed by atoms with van der Waals surface area (Å²) in [5.74, 6) is 0.657. The predicted molar refractivity (Wildman–Crippen MR) is 124 cm³/mol. The molecule has 0 atom stereocenters. The topological polar surface area (TPSA) is 129 Å². The van der Waals surface area contributed by atoms with E-state index in [0.29, 0.717) is 22.9 Å². The Hall–Kier alpha value is -4.05. The van der Waals surface area contributed by atoms with E-state index in [1.165, 1.54) is 0 Å². The smallest absolute Gasteiger partial charge is 0.161 e. The van der Waals surface area contributed by atoms with E-state index in [1.54, 1.807) is 18.6 Å². The summed E-state index contributed by atoms with van der Waals surface area (Å²) in [5, 5.41) is 8.37. The molecule has 1 aliphatic rings. The maximum atomic E-state index is 5.91. The van der Waals surface area contributed by atoms with Crippen LogP contribution in [-0.2, 0) is 0 Å². The van der Waals surface area contributed by atoms with E-state index in [9.17, 15) is 0 Å². The van der Waals surface area contributed by atoms with Crippen LogP contribution in [0.1, 0.15) is 0 Å². The van der Waals surface area contributed by atoms with Crippen LogP contribution < -0.4 is 10.6 Å². The minimum absolute atomic E-state index is 0.606. The maximum Gasteiger partial charge on any atom is 0.161 e. The monoisotopic (exact) mass is 426 g/mol. The Bertz CT molecular complexity index is 1430. The Labute approximate surface area is 183 Å². The first-order valence-electron chi connectivity index (χ1n) is 10.5. The third-order valence-corrected chi connectivity index (χ3v) is 5.94. The number of aromatic nitrogens is 7. The zero-order valence-corrected chi connectivity index (χ0v) is 17.6. The van der Waals surface area contributed by atoms with Crippen LogP contribution >= 0.6 is 0 Å². The van der Waals surface area contributed by atoms with Gasteiger partial charge in [-0.3, -0.25) is 10.1 Å². The lowest BCUT2D eigenvalue weighted by Gasteiger charge is -2.33. The molecule has 0 aromatic carbocycles. The van der Waals surface area contributed by atoms with Gasteiger partial charge in [0.2, 0.25) is 0 Å². The largest absolute Gasteiger partial charge is 0.397 e. The first-order valence-corrected chi connectivity index (χ1v) is 10.5. The van der Waals surface area contributed by atoms with Crippen molar-refractivity contribution >= 4 is 33.6 Å². The highest BCUT2D eigenvalue weighted by molar-refractivity contribution is 5.95. The fourth-order valence-electron chi connectivity index (χ4n) is 4.17. The number of hydrogen-bond acceptors (Lipinski definition) is 8. The number of H-pyrrole nitrogens is 2. The Morgan fingerprint density at radius 2 is 1.81 bits per heavy atom. The molecule has 10 heteroatoms. The zero-order chi connectivity index (χ0) is 21.7. The van der Waals surface area contributed by atoms with Crippen molar-refractivity contribution in [1.29, 1.82) is 0 Å². The molecule has 6 heterocycles. The van der Waals surface area contributed by atoms with Crippen molar-refractivity contribution in [1.82, 2.24) is 40.0 Å². The summed E-state index contributed by atoms with van der Waals surface area (Å²) in [6.07, 6.45) is 7.00. The number of imidazole rings is 1. The van der Waals surface area contributed by atoms with E-state index in [-0.39, 0.29) is 0 Å². The van der Waals surface area contributed by atoms with Crippen LogP contribution in [0.25, 0.3) is 44.8 Å². The molecular weight excluding hydrogens is 404 g/mol. The standard InChI is InChI=1S/C22H22N10/c1-31-4-6-32(7-5-31)17-2-3-25-21-19(17)27-22(28-21)18-16-9-14(11-26-20(16)30-29-18)13-8-15(23)12-24-10-13/h2-3,8-12H,4-7,23H2,1H3,(H,25,27,28)(H,26,29,30). The van der Waals surface area contributed by atoms with Crippen molar-refractivity contribution in [2.45, 2.75) is 0 Å². The Balaban J connectivity index is 1.44. The number of nitrogens with zero attached hydrogens (tertiary/aromatic N) is 7. The van der Waals surface area contributed by atoms with Crippen LogP contribution in [0.5, 0.6) is 0 Å². The average molecular weight is 426 g/mol. The molecule has 1 aliphatic heterocycles. The van der Waals surface area contributed by atoms with Crippen molar-refractivity contribution < 1.29 is 0 Å². The molecular formula is C22H22N10. The van der Waals surface area contributed by atoms with Crippen molar-refractivity contribution in [2.24, 2.45) is 0 Å². The van der Waals surface area contributed by atoms with E-state index >= 15 is 0 Å². The Kier molecular flexibility index (Phi) is 4.25. The van der Waals surface area contributed by atoms with Gasteiger partial charge in [-0.25, -0.2) is 15.0 Å². The highest BCUT2D eigenvalue weighted by Crippen LogP contribution is 2.31. The van der Waals surface area contributed by atoms with E-state index in [1.807, 2.05) is 24.4 Å². The van der Waals surface area contributed by atoms with Gasteiger partial charge in [-0.05, 0) is 25.2 Å². The molecule has 0 radical (unpaired) electrons. The Morgan fingerprint density at radius 1 is 0.969 bits per heavy atom. The maximum absolute atomic E-state index is 5.91. The molecule has 0 unspecified atom stereocenters. The molecule has 0 amide bonds. The van der Waals surface area contributed by atoms with Crippen molar-refractivity contribution in [2.75, 3.05) is 43.9 Å². The highest BCUT2D eigenvalue weighted by atomic mass is 15.3. The highest BCUT2D eigenvalue weighted by Gasteiger charge is 2.20. The van der Waals surface area contributed by atoms with E-state index in [2.05, 4.69) is 47.0 Å². The van der Waals surface area contributed by atoms with Gasteiger partial charge >= 0.3 is 0 Å². The molecule has 0 bridgehead atoms. The molecule has 160 valence electrons. The lowest BCUT2D eigenvalue weighted by atomic mass is 10.1. The quantitative estimate of drug-likeness (QED) is 0.401. The van der Waals surface area contributed by atoms with E-state index < -0.39 is 0 Å². The van der Waals surface area contributed by atoms with E-state index in [0.717, 1.165) is 59.5 Å². The van der Waals surface area contributed by atoms with Gasteiger partial charge in [0.25, 0.3) is 0 Å². The van der Waals surface area contributed by atoms with Gasteiger partial charge in [-0.1, -0.05) is 0 Å². The number of likely N-dealkylation sites (N-methyl/N-ethyl adjacent to an activating group) is 1. The van der Waals surface area contributed by atoms with Gasteiger partial charge < -0.3 is 20.5 Å². The predicted octanol–water partition coefficient (Wildman–Crippen LogP) is 2.29. The SMILES string of the molecule is CN1CCN(c2ccnc3[nH]c(-c4n[nH]c5ncc(-c6cncc(N)c6)cc45)nc23)CC1. The summed E-state index contributed by atoms with van der Waals surface area (Å²) in [6, 6.07) is 5.94. The summed E-state index contributed by atoms with van der Waals surface area (Å²) >= 11 is 0. The van der Waals surface area contributed by atoms with Crippen LogP contribution in [0.2, 0.25) is 0 Å². The van der Waals surface area contributed by atoms with E-state index in [4.69, 9.17) is 10.7 Å². The number of rotatable bonds is 3. The summed E-state index contributed by atoms with van der Waals surface area (Å²) in [6.45, 7) is 3.98. The molecule has 0 spiro atoms. The van der Waals surface area contributed by atoms with Crippen molar-refractivity contribution in [3.8, 4) is 22.6 Å². The molecule has 5 aromatic heterocycles. The van der Waals surface area contributed by atoms with Gasteiger partial charge in [0.1, 0.15) is 11.2 Å². The normalized spacial score (nSPS) is 15.1. The number of nitrogens with one attached hydrogen (secondary N) is 2. The molecule has 1 saturated heterocycles. The molecule has 6 rings (SSSR count). The zero-order valence-electron chi connectivity index (χ0n) is 17.6. The van der Waals surface area contributed by atoms with Gasteiger partial charge in [0.05, 0.1) is 16.8 Å². The second-order valence-electron chi connectivity index (χ2n) is 8.10. The number of piperazine rings is 1. The second kappa shape index (κ2) is 7.27. The number of fused-ring (bicyclic) bond motifs is 2. The average Bonchev–Trinajstić information content (AvgIpc) is 3.43. The Morgan fingerprint density at radius 3 is 2.66 bits per heavy atom. The summed E-state index contributed by atoms with van der Waals surface area (Å²) in [5.41, 5.74) is 12.4. The number of nitrogen functional groups attached to an aromatic ring is 1. The molecule has 4 N–H and O–H groups in total. The molecule has 32 heavy (non-hydrogen) atoms. The van der Waals surface area contributed by atoms with Crippen LogP contribution in [0.4, 0.5) is 11.4 Å². The first kappa shape index (κ1) is 18.7. The fourth-order valence-corrected chi connectivity index (χ4v) is 4.17.